The summed E-state index contributed by atoms with van der Waals surface area (Å²) in [4.78, 5) is 40.6. The molecular formula is C22H18F2N4O3S. The van der Waals surface area contributed by atoms with Crippen LogP contribution in [-0.4, -0.2) is 29.1 Å². The topological polar surface area (TPSA) is 76.3 Å². The van der Waals surface area contributed by atoms with Gasteiger partial charge in [0.15, 0.2) is 0 Å². The number of hydrogen-bond acceptors (Lipinski definition) is 5. The van der Waals surface area contributed by atoms with E-state index in [0.717, 1.165) is 33.7 Å². The van der Waals surface area contributed by atoms with Crippen LogP contribution in [0.1, 0.15) is 0 Å². The van der Waals surface area contributed by atoms with Crippen LogP contribution >= 0.6 is 11.3 Å². The molecular weight excluding hydrogens is 438 g/mol. The summed E-state index contributed by atoms with van der Waals surface area (Å²) in [7, 11) is 3.79. The van der Waals surface area contributed by atoms with Gasteiger partial charge in [-0.25, -0.2) is 18.1 Å². The second-order valence-electron chi connectivity index (χ2n) is 7.26. The van der Waals surface area contributed by atoms with E-state index in [1.807, 2.05) is 31.1 Å². The molecule has 0 radical (unpaired) electrons. The number of benzene rings is 2. The van der Waals surface area contributed by atoms with Crippen LogP contribution in [0, 0.1) is 11.6 Å². The van der Waals surface area contributed by atoms with Gasteiger partial charge in [0.1, 0.15) is 22.9 Å². The Morgan fingerprint density at radius 1 is 1.03 bits per heavy atom. The van der Waals surface area contributed by atoms with E-state index in [9.17, 15) is 23.2 Å². The van der Waals surface area contributed by atoms with Crippen molar-refractivity contribution >= 4 is 38.8 Å². The maximum absolute atomic E-state index is 13.7. The maximum Gasteiger partial charge on any atom is 0.336 e. The van der Waals surface area contributed by atoms with Gasteiger partial charge in [-0.1, -0.05) is 0 Å². The molecule has 4 rings (SSSR count). The number of nitrogens with one attached hydrogen (secondary N) is 1. The molecule has 1 N–H and O–H groups in total. The number of fused-ring (bicyclic) bond motifs is 1. The van der Waals surface area contributed by atoms with E-state index in [-0.39, 0.29) is 22.4 Å². The Morgan fingerprint density at radius 2 is 1.69 bits per heavy atom. The number of nitrogens with zero attached hydrogens (tertiary/aromatic N) is 3. The van der Waals surface area contributed by atoms with Crippen LogP contribution in [0.2, 0.25) is 0 Å². The molecule has 32 heavy (non-hydrogen) atoms. The molecule has 0 unspecified atom stereocenters. The molecule has 7 nitrogen and oxygen atoms in total. The monoisotopic (exact) mass is 456 g/mol. The first-order valence-corrected chi connectivity index (χ1v) is 10.4. The molecule has 10 heteroatoms. The average molecular weight is 456 g/mol. The minimum Gasteiger partial charge on any atom is -0.378 e. The number of carbonyl (C=O) groups is 1. The second-order valence-corrected chi connectivity index (χ2v) is 8.18. The molecule has 0 atom stereocenters. The van der Waals surface area contributed by atoms with Crippen molar-refractivity contribution in [2.24, 2.45) is 0 Å². The Balaban J connectivity index is 1.74. The molecule has 0 spiro atoms. The largest absolute Gasteiger partial charge is 0.378 e. The normalized spacial score (nSPS) is 11.0. The van der Waals surface area contributed by atoms with Crippen LogP contribution in [0.3, 0.4) is 0 Å². The third-order valence-electron chi connectivity index (χ3n) is 4.83. The molecule has 0 saturated heterocycles. The Hall–Kier alpha value is -3.79. The SMILES string of the molecule is CN(C)c1ccc(NC(=O)Cn2c(=O)n(-c3cc(F)cc(F)c3)c(=O)c3sccc32)cc1. The van der Waals surface area contributed by atoms with Gasteiger partial charge in [0.2, 0.25) is 5.91 Å². The van der Waals surface area contributed by atoms with Crippen LogP contribution in [0.4, 0.5) is 20.2 Å². The molecule has 0 saturated carbocycles. The van der Waals surface area contributed by atoms with Crippen LogP contribution in [0.15, 0.2) is 63.5 Å². The highest BCUT2D eigenvalue weighted by atomic mass is 32.1. The van der Waals surface area contributed by atoms with Crippen LogP contribution in [0.25, 0.3) is 15.9 Å². The molecule has 2 aromatic heterocycles. The third-order valence-corrected chi connectivity index (χ3v) is 5.72. The molecule has 164 valence electrons. The summed E-state index contributed by atoms with van der Waals surface area (Å²) < 4.78 is 29.4. The lowest BCUT2D eigenvalue weighted by Gasteiger charge is -2.14. The van der Waals surface area contributed by atoms with Crippen LogP contribution in [-0.2, 0) is 11.3 Å². The van der Waals surface area contributed by atoms with Gasteiger partial charge in [-0.3, -0.25) is 14.2 Å². The van der Waals surface area contributed by atoms with Crippen molar-refractivity contribution < 1.29 is 13.6 Å². The number of thiophene rings is 1. The van der Waals surface area contributed by atoms with Crippen molar-refractivity contribution in [3.8, 4) is 5.69 Å². The van der Waals surface area contributed by atoms with Gasteiger partial charge in [0, 0.05) is 31.5 Å². The quantitative estimate of drug-likeness (QED) is 0.501. The van der Waals surface area contributed by atoms with Gasteiger partial charge in [-0.2, -0.15) is 0 Å². The Kier molecular flexibility index (Phi) is 5.62. The summed E-state index contributed by atoms with van der Waals surface area (Å²) in [5, 5.41) is 4.32. The van der Waals surface area contributed by atoms with E-state index in [4.69, 9.17) is 0 Å². The predicted molar refractivity (Wildman–Crippen MR) is 121 cm³/mol. The van der Waals surface area contributed by atoms with Crippen LogP contribution in [0.5, 0.6) is 0 Å². The minimum absolute atomic E-state index is 0.192. The standard InChI is InChI=1S/C22H18F2N4O3S/c1-26(2)16-5-3-15(4-6-16)25-19(29)12-27-18-7-8-32-20(18)21(30)28(22(27)31)17-10-13(23)9-14(24)11-17/h3-11H,12H2,1-2H3,(H,25,29). The van der Waals surface area contributed by atoms with Crippen molar-refractivity contribution in [3.05, 3.63) is 86.4 Å². The minimum atomic E-state index is -0.928. The zero-order valence-corrected chi connectivity index (χ0v) is 18.0. The summed E-state index contributed by atoms with van der Waals surface area (Å²) >= 11 is 1.07. The lowest BCUT2D eigenvalue weighted by Crippen LogP contribution is -2.40. The average Bonchev–Trinajstić information content (AvgIpc) is 3.21. The van der Waals surface area contributed by atoms with Crippen LogP contribution < -0.4 is 21.5 Å². The fourth-order valence-electron chi connectivity index (χ4n) is 3.32. The molecule has 1 amide bonds. The first-order chi connectivity index (χ1) is 15.2. The lowest BCUT2D eigenvalue weighted by molar-refractivity contribution is -0.116. The van der Waals surface area contributed by atoms with E-state index in [1.165, 1.54) is 0 Å². The molecule has 0 aliphatic heterocycles. The molecule has 4 aromatic rings. The third kappa shape index (κ3) is 4.04. The summed E-state index contributed by atoms with van der Waals surface area (Å²) in [6.07, 6.45) is 0. The van der Waals surface area contributed by atoms with Gasteiger partial charge in [-0.15, -0.1) is 11.3 Å². The fourth-order valence-corrected chi connectivity index (χ4v) is 4.15. The molecule has 0 aliphatic carbocycles. The van der Waals surface area contributed by atoms with E-state index in [2.05, 4.69) is 5.32 Å². The summed E-state index contributed by atoms with van der Waals surface area (Å²) in [5.74, 6) is -2.35. The number of carbonyl (C=O) groups excluding carboxylic acids is 1. The Bertz CT molecular complexity index is 1420. The zero-order valence-electron chi connectivity index (χ0n) is 17.1. The van der Waals surface area contributed by atoms with Gasteiger partial charge in [-0.05, 0) is 47.8 Å². The number of hydrogen-bond donors (Lipinski definition) is 1. The highest BCUT2D eigenvalue weighted by molar-refractivity contribution is 7.17. The van der Waals surface area contributed by atoms with E-state index in [0.29, 0.717) is 16.3 Å². The second kappa shape index (κ2) is 8.39. The highest BCUT2D eigenvalue weighted by Gasteiger charge is 2.18. The van der Waals surface area contributed by atoms with Gasteiger partial charge >= 0.3 is 5.69 Å². The molecule has 0 aliphatic rings. The van der Waals surface area contributed by atoms with Gasteiger partial charge < -0.3 is 10.2 Å². The molecule has 0 fully saturated rings. The van der Waals surface area contributed by atoms with E-state index in [1.54, 1.807) is 23.6 Å². The maximum atomic E-state index is 13.7. The van der Waals surface area contributed by atoms with E-state index < -0.39 is 28.8 Å². The molecule has 0 bridgehead atoms. The first kappa shape index (κ1) is 21.4. The summed E-state index contributed by atoms with van der Waals surface area (Å²) in [5.41, 5.74) is -0.0632. The number of aromatic nitrogens is 2. The fraction of sp³-hybridized carbons (Fsp3) is 0.136. The van der Waals surface area contributed by atoms with Crippen molar-refractivity contribution in [1.82, 2.24) is 9.13 Å². The summed E-state index contributed by atoms with van der Waals surface area (Å²) in [6, 6.07) is 11.1. The number of rotatable bonds is 5. The van der Waals surface area contributed by atoms with E-state index >= 15 is 0 Å². The first-order valence-electron chi connectivity index (χ1n) is 9.51. The number of halogens is 2. The summed E-state index contributed by atoms with van der Waals surface area (Å²) in [6.45, 7) is -0.389. The zero-order chi connectivity index (χ0) is 23.0. The Labute approximate surface area is 184 Å². The van der Waals surface area contributed by atoms with Crippen molar-refractivity contribution in [3.63, 3.8) is 0 Å². The highest BCUT2D eigenvalue weighted by Crippen LogP contribution is 2.18. The number of amides is 1. The lowest BCUT2D eigenvalue weighted by atomic mass is 10.2. The molecule has 2 heterocycles. The van der Waals surface area contributed by atoms with Gasteiger partial charge in [0.05, 0.1) is 11.2 Å². The predicted octanol–water partition coefficient (Wildman–Crippen LogP) is 3.20. The Morgan fingerprint density at radius 3 is 2.31 bits per heavy atom. The van der Waals surface area contributed by atoms with Crippen molar-refractivity contribution in [1.29, 1.82) is 0 Å². The van der Waals surface area contributed by atoms with Gasteiger partial charge in [0.25, 0.3) is 5.56 Å². The van der Waals surface area contributed by atoms with Crippen molar-refractivity contribution in [2.45, 2.75) is 6.54 Å². The number of anilines is 2. The molecule has 2 aromatic carbocycles. The van der Waals surface area contributed by atoms with Crippen molar-refractivity contribution in [2.75, 3.05) is 24.3 Å². The smallest absolute Gasteiger partial charge is 0.336 e.